The molecule has 1 atom stereocenters. The molecule has 0 saturated carbocycles. The molecule has 2 aromatic rings. The van der Waals surface area contributed by atoms with Crippen molar-refractivity contribution in [3.05, 3.63) is 52.5 Å². The van der Waals surface area contributed by atoms with Crippen LogP contribution in [-0.2, 0) is 17.9 Å². The Hall–Kier alpha value is -2.23. The fourth-order valence-corrected chi connectivity index (χ4v) is 3.44. The van der Waals surface area contributed by atoms with Crippen LogP contribution in [0.25, 0.3) is 0 Å². The van der Waals surface area contributed by atoms with E-state index in [1.54, 1.807) is 31.4 Å². The number of amidine groups is 1. The molecule has 152 valence electrons. The van der Waals surface area contributed by atoms with Gasteiger partial charge in [-0.05, 0) is 29.8 Å². The molecule has 0 spiro atoms. The largest absolute Gasteiger partial charge is 0.593 e. The number of ether oxygens (including phenoxy) is 1. The molecule has 10 heteroatoms. The zero-order chi connectivity index (χ0) is 20.8. The molecule has 0 radical (unpaired) electrons. The minimum atomic E-state index is -2.61. The van der Waals surface area contributed by atoms with Crippen molar-refractivity contribution in [1.82, 2.24) is 4.31 Å². The quantitative estimate of drug-likeness (QED) is 0.256. The molecule has 4 N–H and O–H groups in total. The van der Waals surface area contributed by atoms with Gasteiger partial charge in [-0.15, -0.1) is 0 Å². The summed E-state index contributed by atoms with van der Waals surface area (Å²) in [5.41, 5.74) is 7.08. The van der Waals surface area contributed by atoms with Gasteiger partial charge in [0.25, 0.3) is 6.43 Å². The predicted molar refractivity (Wildman–Crippen MR) is 110 cm³/mol. The highest BCUT2D eigenvalue weighted by Crippen LogP contribution is 2.32. The van der Waals surface area contributed by atoms with Crippen molar-refractivity contribution < 1.29 is 18.1 Å². The molecule has 6 nitrogen and oxygen atoms in total. The molecule has 0 aliphatic rings. The number of nitrogen functional groups attached to an aromatic ring is 1. The van der Waals surface area contributed by atoms with Crippen LogP contribution in [0.4, 0.5) is 20.2 Å². The number of benzene rings is 2. The Bertz CT molecular complexity index is 822. The van der Waals surface area contributed by atoms with Gasteiger partial charge in [-0.1, -0.05) is 23.7 Å². The number of halogens is 3. The zero-order valence-electron chi connectivity index (χ0n) is 15.3. The van der Waals surface area contributed by atoms with Crippen LogP contribution < -0.4 is 15.8 Å². The first-order valence-electron chi connectivity index (χ1n) is 8.17. The molecule has 28 heavy (non-hydrogen) atoms. The number of nitrogens with two attached hydrogens (primary N) is 1. The summed E-state index contributed by atoms with van der Waals surface area (Å²) < 4.78 is 44.1. The van der Waals surface area contributed by atoms with Crippen LogP contribution in [0.2, 0.25) is 5.02 Å². The Kier molecular flexibility index (Phi) is 7.73. The van der Waals surface area contributed by atoms with E-state index in [1.807, 2.05) is 0 Å². The minimum absolute atomic E-state index is 0.114. The number of anilines is 2. The molecule has 0 saturated heterocycles. The smallest absolute Gasteiger partial charge is 0.255 e. The summed E-state index contributed by atoms with van der Waals surface area (Å²) in [7, 11) is 1.55. The summed E-state index contributed by atoms with van der Waals surface area (Å²) in [6.07, 6.45) is -1.19. The third kappa shape index (κ3) is 5.40. The number of methoxy groups -OCH3 is 1. The molecular weight excluding hydrogens is 410 g/mol. The molecule has 0 fully saturated rings. The maximum Gasteiger partial charge on any atom is 0.255 e. The maximum absolute atomic E-state index is 12.7. The zero-order valence-corrected chi connectivity index (χ0v) is 16.9. The number of hydrogen-bond donors (Lipinski definition) is 3. The number of nitrogens with one attached hydrogen (secondary N) is 2. The summed E-state index contributed by atoms with van der Waals surface area (Å²) in [5, 5.41) is 11.2. The molecule has 0 bridgehead atoms. The van der Waals surface area contributed by atoms with E-state index in [4.69, 9.17) is 27.5 Å². The van der Waals surface area contributed by atoms with Crippen molar-refractivity contribution in [2.24, 2.45) is 0 Å². The van der Waals surface area contributed by atoms with E-state index in [0.717, 1.165) is 5.56 Å². The summed E-state index contributed by atoms with van der Waals surface area (Å²) >= 11 is 4.66. The van der Waals surface area contributed by atoms with Crippen LogP contribution in [0.1, 0.15) is 11.1 Å². The van der Waals surface area contributed by atoms with Gasteiger partial charge in [0.15, 0.2) is 5.84 Å². The van der Waals surface area contributed by atoms with Crippen molar-refractivity contribution in [2.45, 2.75) is 13.0 Å². The lowest BCUT2D eigenvalue weighted by molar-refractivity contribution is 0.163. The van der Waals surface area contributed by atoms with E-state index in [2.05, 4.69) is 5.32 Å². The van der Waals surface area contributed by atoms with Crippen LogP contribution >= 0.6 is 11.6 Å². The normalized spacial score (nSPS) is 12.0. The van der Waals surface area contributed by atoms with Gasteiger partial charge in [0.2, 0.25) is 0 Å². The molecule has 0 heterocycles. The highest BCUT2D eigenvalue weighted by Gasteiger charge is 2.26. The van der Waals surface area contributed by atoms with Crippen LogP contribution in [-0.4, -0.2) is 41.0 Å². The second kappa shape index (κ2) is 9.81. The number of rotatable bonds is 8. The van der Waals surface area contributed by atoms with Crippen LogP contribution in [0, 0.1) is 5.41 Å². The van der Waals surface area contributed by atoms with Gasteiger partial charge in [-0.25, -0.2) is 8.78 Å². The second-order valence-corrected chi connectivity index (χ2v) is 7.51. The van der Waals surface area contributed by atoms with E-state index < -0.39 is 24.3 Å². The average molecular weight is 431 g/mol. The fraction of sp³-hybridized carbons (Fsp3) is 0.278. The van der Waals surface area contributed by atoms with Crippen LogP contribution in [0.3, 0.4) is 0 Å². The van der Waals surface area contributed by atoms with Crippen molar-refractivity contribution in [3.8, 4) is 5.75 Å². The molecule has 0 amide bonds. The van der Waals surface area contributed by atoms with Gasteiger partial charge >= 0.3 is 0 Å². The Balaban J connectivity index is 2.37. The Morgan fingerprint density at radius 1 is 1.32 bits per heavy atom. The SMILES string of the molecule is COc1ccc(CN(C(=N)c2c(Cl)ccc(N)c2NCC(F)F)[S+](C)[O-])cc1. The first kappa shape index (κ1) is 22.1. The minimum Gasteiger partial charge on any atom is -0.593 e. The summed E-state index contributed by atoms with van der Waals surface area (Å²) in [5.74, 6) is 0.478. The third-order valence-electron chi connectivity index (χ3n) is 3.90. The van der Waals surface area contributed by atoms with Gasteiger partial charge in [-0.3, -0.25) is 5.41 Å². The van der Waals surface area contributed by atoms with E-state index in [0.29, 0.717) is 5.75 Å². The molecule has 2 aromatic carbocycles. The Morgan fingerprint density at radius 3 is 2.50 bits per heavy atom. The topological polar surface area (TPSA) is 97.4 Å². The molecular formula is C18H21ClF2N4O2S. The van der Waals surface area contributed by atoms with Crippen molar-refractivity contribution in [2.75, 3.05) is 31.0 Å². The van der Waals surface area contributed by atoms with Crippen LogP contribution in [0.15, 0.2) is 36.4 Å². The standard InChI is InChI=1S/C18H21ClF2N4O2S/c1-27-12-5-3-11(4-6-12)10-25(28(2)26)18(23)16-13(19)7-8-14(22)17(16)24-9-15(20)21/h3-8,15,23-24H,9-10,22H2,1-2H3. The fourth-order valence-electron chi connectivity index (χ4n) is 2.51. The second-order valence-electron chi connectivity index (χ2n) is 5.82. The highest BCUT2D eigenvalue weighted by molar-refractivity contribution is 7.88. The lowest BCUT2D eigenvalue weighted by Crippen LogP contribution is -2.36. The molecule has 0 aliphatic heterocycles. The highest BCUT2D eigenvalue weighted by atomic mass is 35.5. The molecule has 0 aromatic heterocycles. The van der Waals surface area contributed by atoms with Gasteiger partial charge in [0.1, 0.15) is 12.0 Å². The Morgan fingerprint density at radius 2 is 1.96 bits per heavy atom. The van der Waals surface area contributed by atoms with Crippen LogP contribution in [0.5, 0.6) is 5.75 Å². The number of alkyl halides is 2. The molecule has 1 unspecified atom stereocenters. The summed E-state index contributed by atoms with van der Waals surface area (Å²) in [6.45, 7) is -0.510. The lowest BCUT2D eigenvalue weighted by Gasteiger charge is -2.26. The number of hydrogen-bond acceptors (Lipinski definition) is 5. The monoisotopic (exact) mass is 430 g/mol. The molecule has 0 aliphatic carbocycles. The lowest BCUT2D eigenvalue weighted by atomic mass is 10.1. The number of nitrogens with zero attached hydrogens (tertiary/aromatic N) is 1. The predicted octanol–water partition coefficient (Wildman–Crippen LogP) is 3.73. The van der Waals surface area contributed by atoms with E-state index in [-0.39, 0.29) is 34.3 Å². The molecule has 2 rings (SSSR count). The van der Waals surface area contributed by atoms with Crippen molar-refractivity contribution in [1.29, 1.82) is 5.41 Å². The summed E-state index contributed by atoms with van der Waals surface area (Å²) in [4.78, 5) is 0. The Labute approximate surface area is 170 Å². The van der Waals surface area contributed by atoms with Gasteiger partial charge in [-0.2, -0.15) is 4.31 Å². The maximum atomic E-state index is 12.7. The summed E-state index contributed by atoms with van der Waals surface area (Å²) in [6, 6.07) is 9.99. The van der Waals surface area contributed by atoms with Crippen molar-refractivity contribution >= 4 is 40.2 Å². The van der Waals surface area contributed by atoms with E-state index >= 15 is 0 Å². The third-order valence-corrected chi connectivity index (χ3v) is 5.15. The van der Waals surface area contributed by atoms with Gasteiger partial charge in [0.05, 0.1) is 53.5 Å². The van der Waals surface area contributed by atoms with E-state index in [9.17, 15) is 13.3 Å². The van der Waals surface area contributed by atoms with Gasteiger partial charge < -0.3 is 20.3 Å². The first-order valence-corrected chi connectivity index (χ1v) is 10.1. The average Bonchev–Trinajstić information content (AvgIpc) is 2.66. The van der Waals surface area contributed by atoms with E-state index in [1.165, 1.54) is 22.7 Å². The van der Waals surface area contributed by atoms with Crippen molar-refractivity contribution in [3.63, 3.8) is 0 Å². The first-order chi connectivity index (χ1) is 13.2. The van der Waals surface area contributed by atoms with Gasteiger partial charge in [0, 0.05) is 0 Å².